The summed E-state index contributed by atoms with van der Waals surface area (Å²) < 4.78 is 1.81. The second-order valence-electron chi connectivity index (χ2n) is 7.61. The van der Waals surface area contributed by atoms with Gasteiger partial charge in [0.15, 0.2) is 5.16 Å². The van der Waals surface area contributed by atoms with Crippen LogP contribution in [0.15, 0.2) is 40.3 Å². The van der Waals surface area contributed by atoms with Crippen molar-refractivity contribution in [1.29, 1.82) is 0 Å². The number of carbonyl (C=O) groups is 1. The Morgan fingerprint density at radius 1 is 1.17 bits per heavy atom. The van der Waals surface area contributed by atoms with Crippen LogP contribution in [0.4, 0.5) is 0 Å². The summed E-state index contributed by atoms with van der Waals surface area (Å²) in [7, 11) is 0. The quantitative estimate of drug-likeness (QED) is 0.653. The highest BCUT2D eigenvalue weighted by Gasteiger charge is 2.23. The maximum Gasteiger partial charge on any atom is 0.255 e. The second kappa shape index (κ2) is 8.41. The average molecular weight is 412 g/mol. The minimum absolute atomic E-state index is 0.128. The number of hydrogen-bond acceptors (Lipinski definition) is 5. The molecule has 29 heavy (non-hydrogen) atoms. The van der Waals surface area contributed by atoms with Crippen LogP contribution in [-0.2, 0) is 11.2 Å². The summed E-state index contributed by atoms with van der Waals surface area (Å²) in [5.74, 6) is 1.50. The van der Waals surface area contributed by atoms with Crippen LogP contribution in [0, 0.1) is 19.8 Å². The van der Waals surface area contributed by atoms with Crippen molar-refractivity contribution in [1.82, 2.24) is 24.5 Å². The molecule has 3 heterocycles. The SMILES string of the molecule is Cc1c(C)n2c(SCC(=O)N3CCC(Cc4ccccc4)CC3)nnc2[nH]c1=O. The molecule has 1 fully saturated rings. The smallest absolute Gasteiger partial charge is 0.255 e. The lowest BCUT2D eigenvalue weighted by Crippen LogP contribution is -2.39. The zero-order chi connectivity index (χ0) is 20.4. The van der Waals surface area contributed by atoms with E-state index in [0.717, 1.165) is 38.0 Å². The topological polar surface area (TPSA) is 83.4 Å². The lowest BCUT2D eigenvalue weighted by molar-refractivity contribution is -0.129. The molecule has 0 unspecified atom stereocenters. The highest BCUT2D eigenvalue weighted by atomic mass is 32.2. The second-order valence-corrected chi connectivity index (χ2v) is 8.55. The molecule has 0 spiro atoms. The fraction of sp³-hybridized carbons (Fsp3) is 0.429. The van der Waals surface area contributed by atoms with Crippen LogP contribution >= 0.6 is 11.8 Å². The Hall–Kier alpha value is -2.61. The number of aromatic amines is 1. The molecule has 152 valence electrons. The molecule has 3 aromatic rings. The normalized spacial score (nSPS) is 15.2. The van der Waals surface area contributed by atoms with E-state index in [0.29, 0.717) is 28.2 Å². The van der Waals surface area contributed by atoms with Crippen LogP contribution in [-0.4, -0.2) is 49.2 Å². The summed E-state index contributed by atoms with van der Waals surface area (Å²) in [5, 5.41) is 8.81. The van der Waals surface area contributed by atoms with Crippen LogP contribution in [0.1, 0.15) is 29.7 Å². The fourth-order valence-electron chi connectivity index (χ4n) is 3.83. The Bertz CT molecular complexity index is 1070. The molecule has 1 N–H and O–H groups in total. The molecule has 1 aromatic carbocycles. The monoisotopic (exact) mass is 411 g/mol. The van der Waals surface area contributed by atoms with Gasteiger partial charge in [-0.05, 0) is 44.6 Å². The molecule has 1 aliphatic heterocycles. The first-order valence-electron chi connectivity index (χ1n) is 9.92. The summed E-state index contributed by atoms with van der Waals surface area (Å²) in [6.45, 7) is 5.25. The third kappa shape index (κ3) is 4.22. The van der Waals surface area contributed by atoms with E-state index in [9.17, 15) is 9.59 Å². The van der Waals surface area contributed by atoms with Gasteiger partial charge in [0.2, 0.25) is 11.7 Å². The number of aryl methyl sites for hydroxylation is 1. The zero-order valence-corrected chi connectivity index (χ0v) is 17.5. The van der Waals surface area contributed by atoms with Gasteiger partial charge in [0, 0.05) is 24.3 Å². The number of fused-ring (bicyclic) bond motifs is 1. The first kappa shape index (κ1) is 19.7. The van der Waals surface area contributed by atoms with E-state index in [1.54, 1.807) is 11.3 Å². The largest absolute Gasteiger partial charge is 0.342 e. The van der Waals surface area contributed by atoms with Crippen LogP contribution in [0.5, 0.6) is 0 Å². The van der Waals surface area contributed by atoms with Gasteiger partial charge in [-0.2, -0.15) is 0 Å². The van der Waals surface area contributed by atoms with E-state index in [-0.39, 0.29) is 11.5 Å². The molecule has 1 amide bonds. The van der Waals surface area contributed by atoms with Gasteiger partial charge in [0.25, 0.3) is 5.56 Å². The van der Waals surface area contributed by atoms with E-state index in [4.69, 9.17) is 0 Å². The zero-order valence-electron chi connectivity index (χ0n) is 16.7. The number of hydrogen-bond donors (Lipinski definition) is 1. The Morgan fingerprint density at radius 3 is 2.62 bits per heavy atom. The third-order valence-electron chi connectivity index (χ3n) is 5.74. The lowest BCUT2D eigenvalue weighted by Gasteiger charge is -2.32. The molecule has 0 saturated carbocycles. The molecule has 2 aromatic heterocycles. The van der Waals surface area contributed by atoms with E-state index < -0.39 is 0 Å². The predicted octanol–water partition coefficient (Wildman–Crippen LogP) is 2.61. The Labute approximate surface area is 173 Å². The van der Waals surface area contributed by atoms with Crippen molar-refractivity contribution >= 4 is 23.4 Å². The number of piperidine rings is 1. The number of amides is 1. The fourth-order valence-corrected chi connectivity index (χ4v) is 4.71. The summed E-state index contributed by atoms with van der Waals surface area (Å²) in [6, 6.07) is 10.6. The first-order chi connectivity index (χ1) is 14.0. The van der Waals surface area contributed by atoms with E-state index >= 15 is 0 Å². The molecule has 0 aliphatic carbocycles. The van der Waals surface area contributed by atoms with Crippen molar-refractivity contribution in [3.8, 4) is 0 Å². The molecule has 1 aliphatic rings. The van der Waals surface area contributed by atoms with Crippen molar-refractivity contribution in [2.45, 2.75) is 38.3 Å². The first-order valence-corrected chi connectivity index (χ1v) is 10.9. The Balaban J connectivity index is 1.33. The van der Waals surface area contributed by atoms with Gasteiger partial charge >= 0.3 is 0 Å². The van der Waals surface area contributed by atoms with Crippen molar-refractivity contribution in [3.63, 3.8) is 0 Å². The van der Waals surface area contributed by atoms with Crippen LogP contribution in [0.25, 0.3) is 5.78 Å². The van der Waals surface area contributed by atoms with Crippen molar-refractivity contribution in [3.05, 3.63) is 57.5 Å². The van der Waals surface area contributed by atoms with Crippen LogP contribution in [0.2, 0.25) is 0 Å². The van der Waals surface area contributed by atoms with Crippen LogP contribution in [0.3, 0.4) is 0 Å². The Morgan fingerprint density at radius 2 is 1.90 bits per heavy atom. The van der Waals surface area contributed by atoms with Gasteiger partial charge in [0.1, 0.15) is 0 Å². The predicted molar refractivity (Wildman–Crippen MR) is 113 cm³/mol. The Kier molecular flexibility index (Phi) is 5.71. The number of benzene rings is 1. The van der Waals surface area contributed by atoms with Gasteiger partial charge in [-0.1, -0.05) is 42.1 Å². The van der Waals surface area contributed by atoms with Crippen molar-refractivity contribution < 1.29 is 4.79 Å². The minimum Gasteiger partial charge on any atom is -0.342 e. The summed E-state index contributed by atoms with van der Waals surface area (Å²) >= 11 is 1.37. The van der Waals surface area contributed by atoms with E-state index in [1.807, 2.05) is 17.9 Å². The van der Waals surface area contributed by atoms with Crippen LogP contribution < -0.4 is 5.56 Å². The van der Waals surface area contributed by atoms with E-state index in [1.165, 1.54) is 17.3 Å². The average Bonchev–Trinajstić information content (AvgIpc) is 3.14. The highest BCUT2D eigenvalue weighted by Crippen LogP contribution is 2.23. The van der Waals surface area contributed by atoms with Crippen molar-refractivity contribution in [2.24, 2.45) is 5.92 Å². The lowest BCUT2D eigenvalue weighted by atomic mass is 9.90. The minimum atomic E-state index is -0.159. The number of H-pyrrole nitrogens is 1. The molecular formula is C21H25N5O2S. The van der Waals surface area contributed by atoms with Crippen molar-refractivity contribution in [2.75, 3.05) is 18.8 Å². The number of likely N-dealkylation sites (tertiary alicyclic amines) is 1. The summed E-state index contributed by atoms with van der Waals surface area (Å²) in [4.78, 5) is 29.2. The molecule has 0 atom stereocenters. The van der Waals surface area contributed by atoms with Gasteiger partial charge < -0.3 is 4.90 Å². The number of nitrogens with one attached hydrogen (secondary N) is 1. The summed E-state index contributed by atoms with van der Waals surface area (Å²) in [6.07, 6.45) is 3.16. The van der Waals surface area contributed by atoms with Gasteiger partial charge in [0.05, 0.1) is 5.75 Å². The third-order valence-corrected chi connectivity index (χ3v) is 6.65. The molecule has 0 radical (unpaired) electrons. The molecule has 1 saturated heterocycles. The standard InChI is InChI=1S/C21H25N5O2S/c1-14-15(2)26-20(22-19(14)28)23-24-21(26)29-13-18(27)25-10-8-17(9-11-25)12-16-6-4-3-5-7-16/h3-7,17H,8-13H2,1-2H3,(H,22,23,28). The number of rotatable bonds is 5. The van der Waals surface area contributed by atoms with E-state index in [2.05, 4.69) is 39.4 Å². The number of thioether (sulfide) groups is 1. The van der Waals surface area contributed by atoms with Gasteiger partial charge in [-0.15, -0.1) is 10.2 Å². The summed E-state index contributed by atoms with van der Waals surface area (Å²) in [5.41, 5.74) is 2.64. The van der Waals surface area contributed by atoms with Gasteiger partial charge in [-0.25, -0.2) is 0 Å². The number of aromatic nitrogens is 4. The highest BCUT2D eigenvalue weighted by molar-refractivity contribution is 7.99. The molecule has 7 nitrogen and oxygen atoms in total. The maximum atomic E-state index is 12.7. The number of nitrogens with zero attached hydrogens (tertiary/aromatic N) is 4. The molecule has 4 rings (SSSR count). The molecule has 8 heteroatoms. The number of carbonyl (C=O) groups excluding carboxylic acids is 1. The maximum absolute atomic E-state index is 12.7. The molecule has 0 bridgehead atoms. The van der Waals surface area contributed by atoms with Gasteiger partial charge in [-0.3, -0.25) is 19.0 Å². The molecular weight excluding hydrogens is 386 g/mol.